The van der Waals surface area contributed by atoms with Crippen molar-refractivity contribution in [3.8, 4) is 5.95 Å². The molecule has 7 heteroatoms. The second-order valence-corrected chi connectivity index (χ2v) is 5.23. The third kappa shape index (κ3) is 2.81. The highest BCUT2D eigenvalue weighted by Gasteiger charge is 2.24. The first-order valence-electron chi connectivity index (χ1n) is 7.50. The van der Waals surface area contributed by atoms with Crippen LogP contribution in [0.25, 0.3) is 5.95 Å². The van der Waals surface area contributed by atoms with Gasteiger partial charge < -0.3 is 10.2 Å². The number of hydrogen-bond acceptors (Lipinski definition) is 6. The van der Waals surface area contributed by atoms with Crippen molar-refractivity contribution in [2.24, 2.45) is 0 Å². The van der Waals surface area contributed by atoms with Gasteiger partial charge in [0.25, 0.3) is 0 Å². The van der Waals surface area contributed by atoms with Crippen LogP contribution in [0, 0.1) is 0 Å². The first-order valence-corrected chi connectivity index (χ1v) is 7.50. The molecule has 3 heterocycles. The molecule has 0 spiro atoms. The number of nitrogens with zero attached hydrogens (tertiary/aromatic N) is 6. The summed E-state index contributed by atoms with van der Waals surface area (Å²) >= 11 is 0. The molecule has 1 fully saturated rings. The molecule has 0 aromatic carbocycles. The molecular weight excluding hydrogens is 266 g/mol. The summed E-state index contributed by atoms with van der Waals surface area (Å²) in [4.78, 5) is 19.9. The van der Waals surface area contributed by atoms with Crippen LogP contribution in [0.2, 0.25) is 0 Å². The highest BCUT2D eigenvalue weighted by atomic mass is 15.3. The molecule has 1 aliphatic heterocycles. The van der Waals surface area contributed by atoms with Crippen molar-refractivity contribution >= 4 is 11.9 Å². The Hall–Kier alpha value is -2.18. The molecule has 1 N–H and O–H groups in total. The maximum absolute atomic E-state index is 4.63. The average molecular weight is 287 g/mol. The molecule has 1 saturated heterocycles. The van der Waals surface area contributed by atoms with Gasteiger partial charge in [-0.25, -0.2) is 4.98 Å². The van der Waals surface area contributed by atoms with E-state index in [2.05, 4.69) is 37.1 Å². The molecule has 0 bridgehead atoms. The van der Waals surface area contributed by atoms with E-state index >= 15 is 0 Å². The van der Waals surface area contributed by atoms with Crippen LogP contribution in [0.1, 0.15) is 32.6 Å². The lowest BCUT2D eigenvalue weighted by Gasteiger charge is -2.35. The third-order valence-corrected chi connectivity index (χ3v) is 3.93. The van der Waals surface area contributed by atoms with E-state index in [-0.39, 0.29) is 0 Å². The van der Waals surface area contributed by atoms with Crippen molar-refractivity contribution in [1.82, 2.24) is 24.5 Å². The minimum absolute atomic E-state index is 0.515. The van der Waals surface area contributed by atoms with E-state index in [9.17, 15) is 0 Å². The largest absolute Gasteiger partial charge is 0.357 e. The van der Waals surface area contributed by atoms with Crippen molar-refractivity contribution < 1.29 is 0 Å². The van der Waals surface area contributed by atoms with Crippen LogP contribution in [0.4, 0.5) is 11.9 Å². The molecule has 21 heavy (non-hydrogen) atoms. The fourth-order valence-electron chi connectivity index (χ4n) is 2.78. The molecule has 112 valence electrons. The van der Waals surface area contributed by atoms with Crippen LogP contribution in [-0.2, 0) is 0 Å². The Morgan fingerprint density at radius 2 is 2.10 bits per heavy atom. The lowest BCUT2D eigenvalue weighted by atomic mass is 10.0. The zero-order chi connectivity index (χ0) is 14.7. The maximum Gasteiger partial charge on any atom is 0.241 e. The van der Waals surface area contributed by atoms with Gasteiger partial charge in [-0.3, -0.25) is 4.57 Å². The summed E-state index contributed by atoms with van der Waals surface area (Å²) < 4.78 is 1.80. The zero-order valence-electron chi connectivity index (χ0n) is 12.5. The summed E-state index contributed by atoms with van der Waals surface area (Å²) in [5, 5.41) is 3.02. The second kappa shape index (κ2) is 6.07. The van der Waals surface area contributed by atoms with Gasteiger partial charge in [0.2, 0.25) is 17.8 Å². The van der Waals surface area contributed by atoms with E-state index < -0.39 is 0 Å². The van der Waals surface area contributed by atoms with Gasteiger partial charge in [-0.1, -0.05) is 6.92 Å². The first-order chi connectivity index (χ1) is 10.3. The molecule has 2 aromatic heterocycles. The number of anilines is 2. The average Bonchev–Trinajstić information content (AvgIpc) is 3.09. The summed E-state index contributed by atoms with van der Waals surface area (Å²) in [5.74, 6) is 1.94. The number of hydrogen-bond donors (Lipinski definition) is 1. The van der Waals surface area contributed by atoms with E-state index in [0.717, 1.165) is 18.9 Å². The van der Waals surface area contributed by atoms with Crippen LogP contribution in [0.5, 0.6) is 0 Å². The Kier molecular flexibility index (Phi) is 3.98. The summed E-state index contributed by atoms with van der Waals surface area (Å²) in [6.07, 6.45) is 10.1. The Labute approximate surface area is 124 Å². The van der Waals surface area contributed by atoms with E-state index in [0.29, 0.717) is 17.9 Å². The molecule has 1 atom stereocenters. The molecule has 0 amide bonds. The normalized spacial score (nSPS) is 18.8. The van der Waals surface area contributed by atoms with Crippen molar-refractivity contribution in [3.63, 3.8) is 0 Å². The predicted octanol–water partition coefficient (Wildman–Crippen LogP) is 1.87. The van der Waals surface area contributed by atoms with Gasteiger partial charge >= 0.3 is 0 Å². The molecule has 0 radical (unpaired) electrons. The standard InChI is InChI=1S/C14H21N7/c1-3-11-6-4-5-8-21(11)14-18-12(15-2)17-13(19-14)20-9-7-16-10-20/h7,9-11H,3-6,8H2,1-2H3,(H,15,17,18,19). The van der Waals surface area contributed by atoms with Gasteiger partial charge in [0.05, 0.1) is 0 Å². The molecule has 1 unspecified atom stereocenters. The third-order valence-electron chi connectivity index (χ3n) is 3.93. The number of nitrogens with one attached hydrogen (secondary N) is 1. The molecule has 3 rings (SSSR count). The molecule has 7 nitrogen and oxygen atoms in total. The topological polar surface area (TPSA) is 71.8 Å². The van der Waals surface area contributed by atoms with Crippen molar-refractivity contribution in [2.75, 3.05) is 23.8 Å². The van der Waals surface area contributed by atoms with E-state index in [1.54, 1.807) is 17.1 Å². The highest BCUT2D eigenvalue weighted by Crippen LogP contribution is 2.24. The summed E-state index contributed by atoms with van der Waals surface area (Å²) in [6, 6.07) is 0.515. The fraction of sp³-hybridized carbons (Fsp3) is 0.571. The summed E-state index contributed by atoms with van der Waals surface area (Å²) in [5.41, 5.74) is 0. The van der Waals surface area contributed by atoms with Gasteiger partial charge in [-0.15, -0.1) is 0 Å². The lowest BCUT2D eigenvalue weighted by Crippen LogP contribution is -2.40. The zero-order valence-corrected chi connectivity index (χ0v) is 12.5. The molecule has 2 aromatic rings. The smallest absolute Gasteiger partial charge is 0.241 e. The minimum Gasteiger partial charge on any atom is -0.357 e. The number of imidazole rings is 1. The molecule has 0 aliphatic carbocycles. The second-order valence-electron chi connectivity index (χ2n) is 5.23. The van der Waals surface area contributed by atoms with Gasteiger partial charge in [-0.2, -0.15) is 15.0 Å². The van der Waals surface area contributed by atoms with Gasteiger partial charge in [0.15, 0.2) is 0 Å². The van der Waals surface area contributed by atoms with E-state index in [1.807, 2.05) is 13.2 Å². The van der Waals surface area contributed by atoms with Crippen molar-refractivity contribution in [2.45, 2.75) is 38.6 Å². The molecule has 1 aliphatic rings. The Balaban J connectivity index is 1.99. The summed E-state index contributed by atoms with van der Waals surface area (Å²) in [6.45, 7) is 3.23. The fourth-order valence-corrected chi connectivity index (χ4v) is 2.78. The van der Waals surface area contributed by atoms with E-state index in [1.165, 1.54) is 19.3 Å². The van der Waals surface area contributed by atoms with Crippen molar-refractivity contribution in [3.05, 3.63) is 18.7 Å². The quantitative estimate of drug-likeness (QED) is 0.925. The van der Waals surface area contributed by atoms with Crippen LogP contribution < -0.4 is 10.2 Å². The Bertz CT molecular complexity index is 581. The SMILES string of the molecule is CCC1CCCCN1c1nc(NC)nc(-n2ccnc2)n1. The van der Waals surface area contributed by atoms with Gasteiger partial charge in [-0.05, 0) is 25.7 Å². The van der Waals surface area contributed by atoms with Crippen LogP contribution in [0.3, 0.4) is 0 Å². The number of aromatic nitrogens is 5. The van der Waals surface area contributed by atoms with Gasteiger partial charge in [0, 0.05) is 32.0 Å². The van der Waals surface area contributed by atoms with Crippen molar-refractivity contribution in [1.29, 1.82) is 0 Å². The molecule has 0 saturated carbocycles. The summed E-state index contributed by atoms with van der Waals surface area (Å²) in [7, 11) is 1.82. The number of piperidine rings is 1. The monoisotopic (exact) mass is 287 g/mol. The highest BCUT2D eigenvalue weighted by molar-refractivity contribution is 5.41. The van der Waals surface area contributed by atoms with Crippen LogP contribution in [-0.4, -0.2) is 44.1 Å². The van der Waals surface area contributed by atoms with Gasteiger partial charge in [0.1, 0.15) is 6.33 Å². The van der Waals surface area contributed by atoms with E-state index in [4.69, 9.17) is 0 Å². The lowest BCUT2D eigenvalue weighted by molar-refractivity contribution is 0.442. The Morgan fingerprint density at radius 3 is 2.81 bits per heavy atom. The molecular formula is C14H21N7. The van der Waals surface area contributed by atoms with Crippen LogP contribution in [0.15, 0.2) is 18.7 Å². The predicted molar refractivity (Wildman–Crippen MR) is 81.8 cm³/mol. The maximum atomic E-state index is 4.63. The minimum atomic E-state index is 0.515. The number of rotatable bonds is 4. The first kappa shape index (κ1) is 13.8. The van der Waals surface area contributed by atoms with Crippen LogP contribution >= 0.6 is 0 Å². The Morgan fingerprint density at radius 1 is 1.24 bits per heavy atom.